The molecule has 22 heavy (non-hydrogen) atoms. The van der Waals surface area contributed by atoms with Crippen molar-refractivity contribution in [3.8, 4) is 11.5 Å². The van der Waals surface area contributed by atoms with Crippen LogP contribution in [0, 0.1) is 0 Å². The van der Waals surface area contributed by atoms with Crippen molar-refractivity contribution >= 4 is 11.6 Å². The molecule has 0 amide bonds. The molecule has 0 radical (unpaired) electrons. The molecule has 0 saturated heterocycles. The second-order valence-electron chi connectivity index (χ2n) is 5.23. The zero-order chi connectivity index (χ0) is 15.2. The van der Waals surface area contributed by atoms with Crippen LogP contribution >= 0.6 is 0 Å². The van der Waals surface area contributed by atoms with E-state index >= 15 is 0 Å². The second-order valence-corrected chi connectivity index (χ2v) is 5.23. The van der Waals surface area contributed by atoms with Gasteiger partial charge in [0.15, 0.2) is 17.5 Å². The molecule has 0 bridgehead atoms. The molecule has 6 nitrogen and oxygen atoms in total. The van der Waals surface area contributed by atoms with Gasteiger partial charge in [-0.1, -0.05) is 6.08 Å². The molecule has 3 N–H and O–H groups in total. The highest BCUT2D eigenvalue weighted by Crippen LogP contribution is 2.32. The van der Waals surface area contributed by atoms with Gasteiger partial charge in [-0.15, -0.1) is 0 Å². The molecule has 0 saturated carbocycles. The summed E-state index contributed by atoms with van der Waals surface area (Å²) >= 11 is 0. The monoisotopic (exact) mass is 303 g/mol. The number of benzene rings is 1. The SMILES string of the molecule is NC(=NCC1=CCOCC1)Nc1ccc2c(c1)OCCCO2. The maximum atomic E-state index is 5.94. The van der Waals surface area contributed by atoms with Crippen LogP contribution in [-0.4, -0.2) is 38.9 Å². The number of hydrogen-bond acceptors (Lipinski definition) is 4. The first kappa shape index (κ1) is 14.7. The quantitative estimate of drug-likeness (QED) is 0.507. The van der Waals surface area contributed by atoms with Gasteiger partial charge in [0.2, 0.25) is 0 Å². The Kier molecular flexibility index (Phi) is 4.80. The van der Waals surface area contributed by atoms with Crippen molar-refractivity contribution in [2.45, 2.75) is 12.8 Å². The van der Waals surface area contributed by atoms with Crippen molar-refractivity contribution < 1.29 is 14.2 Å². The summed E-state index contributed by atoms with van der Waals surface area (Å²) in [7, 11) is 0. The number of guanidine groups is 1. The van der Waals surface area contributed by atoms with Gasteiger partial charge in [0.1, 0.15) is 0 Å². The minimum Gasteiger partial charge on any atom is -0.490 e. The summed E-state index contributed by atoms with van der Waals surface area (Å²) in [6.07, 6.45) is 3.87. The van der Waals surface area contributed by atoms with Crippen molar-refractivity contribution in [3.05, 3.63) is 29.8 Å². The summed E-state index contributed by atoms with van der Waals surface area (Å²) < 4.78 is 16.5. The number of hydrogen-bond donors (Lipinski definition) is 2. The number of nitrogens with zero attached hydrogens (tertiary/aromatic N) is 1. The van der Waals surface area contributed by atoms with Crippen LogP contribution < -0.4 is 20.5 Å². The lowest BCUT2D eigenvalue weighted by molar-refractivity contribution is 0.154. The van der Waals surface area contributed by atoms with Gasteiger partial charge in [-0.2, -0.15) is 0 Å². The average Bonchev–Trinajstić information content (AvgIpc) is 2.79. The Morgan fingerprint density at radius 3 is 2.86 bits per heavy atom. The Bertz CT molecular complexity index is 584. The highest BCUT2D eigenvalue weighted by Gasteiger charge is 2.11. The molecule has 0 atom stereocenters. The third-order valence-electron chi connectivity index (χ3n) is 3.53. The van der Waals surface area contributed by atoms with Crippen molar-refractivity contribution in [1.29, 1.82) is 0 Å². The molecule has 2 aliphatic heterocycles. The normalized spacial score (nSPS) is 18.4. The first-order chi connectivity index (χ1) is 10.8. The molecule has 1 aromatic rings. The van der Waals surface area contributed by atoms with E-state index < -0.39 is 0 Å². The summed E-state index contributed by atoms with van der Waals surface area (Å²) in [5.74, 6) is 1.90. The molecule has 0 aliphatic carbocycles. The highest BCUT2D eigenvalue weighted by molar-refractivity contribution is 5.92. The maximum absolute atomic E-state index is 5.94. The van der Waals surface area contributed by atoms with Crippen molar-refractivity contribution in [3.63, 3.8) is 0 Å². The lowest BCUT2D eigenvalue weighted by atomic mass is 10.1. The molecule has 1 aromatic carbocycles. The number of nitrogens with two attached hydrogens (primary N) is 1. The molecule has 2 aliphatic rings. The Morgan fingerprint density at radius 1 is 1.18 bits per heavy atom. The molecule has 0 unspecified atom stereocenters. The molecular formula is C16H21N3O3. The van der Waals surface area contributed by atoms with E-state index in [0.717, 1.165) is 36.6 Å². The summed E-state index contributed by atoms with van der Waals surface area (Å²) in [6.45, 7) is 3.38. The number of fused-ring (bicyclic) bond motifs is 1. The molecule has 0 aromatic heterocycles. The third-order valence-corrected chi connectivity index (χ3v) is 3.53. The van der Waals surface area contributed by atoms with Gasteiger partial charge in [0.05, 0.1) is 33.0 Å². The zero-order valence-corrected chi connectivity index (χ0v) is 12.5. The smallest absolute Gasteiger partial charge is 0.193 e. The van der Waals surface area contributed by atoms with Crippen molar-refractivity contribution in [2.24, 2.45) is 10.7 Å². The number of aliphatic imine (C=N–C) groups is 1. The van der Waals surface area contributed by atoms with Crippen LogP contribution in [0.5, 0.6) is 11.5 Å². The maximum Gasteiger partial charge on any atom is 0.193 e. The van der Waals surface area contributed by atoms with Crippen molar-refractivity contribution in [1.82, 2.24) is 0 Å². The molecule has 2 heterocycles. The van der Waals surface area contributed by atoms with Crippen LogP contribution in [0.2, 0.25) is 0 Å². The van der Waals surface area contributed by atoms with Crippen LogP contribution in [0.1, 0.15) is 12.8 Å². The summed E-state index contributed by atoms with van der Waals surface area (Å²) in [4.78, 5) is 4.36. The van der Waals surface area contributed by atoms with Gasteiger partial charge in [-0.3, -0.25) is 0 Å². The van der Waals surface area contributed by atoms with Crippen LogP contribution in [-0.2, 0) is 4.74 Å². The third kappa shape index (κ3) is 3.92. The largest absolute Gasteiger partial charge is 0.490 e. The molecule has 3 rings (SSSR count). The minimum atomic E-state index is 0.391. The van der Waals surface area contributed by atoms with Gasteiger partial charge >= 0.3 is 0 Å². The molecular weight excluding hydrogens is 282 g/mol. The van der Waals surface area contributed by atoms with Crippen LogP contribution in [0.4, 0.5) is 5.69 Å². The van der Waals surface area contributed by atoms with E-state index in [-0.39, 0.29) is 0 Å². The topological polar surface area (TPSA) is 78.1 Å². The first-order valence-corrected chi connectivity index (χ1v) is 7.53. The van der Waals surface area contributed by atoms with Gasteiger partial charge in [-0.05, 0) is 24.1 Å². The fourth-order valence-electron chi connectivity index (χ4n) is 2.32. The predicted molar refractivity (Wildman–Crippen MR) is 85.7 cm³/mol. The van der Waals surface area contributed by atoms with E-state index in [1.54, 1.807) is 0 Å². The van der Waals surface area contributed by atoms with E-state index in [1.807, 2.05) is 18.2 Å². The predicted octanol–water partition coefficient (Wildman–Crippen LogP) is 1.92. The fourth-order valence-corrected chi connectivity index (χ4v) is 2.32. The van der Waals surface area contributed by atoms with Gasteiger partial charge in [0.25, 0.3) is 0 Å². The Hall–Kier alpha value is -2.21. The molecule has 118 valence electrons. The van der Waals surface area contributed by atoms with Crippen LogP contribution in [0.25, 0.3) is 0 Å². The Balaban J connectivity index is 1.62. The van der Waals surface area contributed by atoms with Gasteiger partial charge < -0.3 is 25.3 Å². The Morgan fingerprint density at radius 2 is 2.05 bits per heavy atom. The minimum absolute atomic E-state index is 0.391. The highest BCUT2D eigenvalue weighted by atomic mass is 16.5. The number of ether oxygens (including phenoxy) is 3. The zero-order valence-electron chi connectivity index (χ0n) is 12.5. The summed E-state index contributed by atoms with van der Waals surface area (Å²) in [5.41, 5.74) is 8.04. The number of rotatable bonds is 3. The lowest BCUT2D eigenvalue weighted by Gasteiger charge is -2.13. The molecule has 6 heteroatoms. The molecule has 0 spiro atoms. The second kappa shape index (κ2) is 7.17. The van der Waals surface area contributed by atoms with Gasteiger partial charge in [-0.25, -0.2) is 4.99 Å². The summed E-state index contributed by atoms with van der Waals surface area (Å²) in [5, 5.41) is 3.09. The molecule has 0 fully saturated rings. The summed E-state index contributed by atoms with van der Waals surface area (Å²) in [6, 6.07) is 5.68. The first-order valence-electron chi connectivity index (χ1n) is 7.53. The van der Waals surface area contributed by atoms with Crippen LogP contribution in [0.15, 0.2) is 34.8 Å². The fraction of sp³-hybridized carbons (Fsp3) is 0.438. The van der Waals surface area contributed by atoms with Gasteiger partial charge in [0, 0.05) is 18.2 Å². The van der Waals surface area contributed by atoms with E-state index in [9.17, 15) is 0 Å². The van der Waals surface area contributed by atoms with Crippen molar-refractivity contribution in [2.75, 3.05) is 38.3 Å². The standard InChI is InChI=1S/C16H21N3O3/c17-16(18-11-12-4-8-20-9-5-12)19-13-2-3-14-15(10-13)22-7-1-6-21-14/h2-4,10H,1,5-9,11H2,(H3,17,18,19). The lowest BCUT2D eigenvalue weighted by Crippen LogP contribution is -2.23. The van der Waals surface area contributed by atoms with E-state index in [1.165, 1.54) is 5.57 Å². The van der Waals surface area contributed by atoms with E-state index in [4.69, 9.17) is 19.9 Å². The van der Waals surface area contributed by atoms with Crippen LogP contribution in [0.3, 0.4) is 0 Å². The van der Waals surface area contributed by atoms with E-state index in [2.05, 4.69) is 16.4 Å². The van der Waals surface area contributed by atoms with E-state index in [0.29, 0.717) is 32.3 Å². The average molecular weight is 303 g/mol. The number of nitrogens with one attached hydrogen (secondary N) is 1. The number of anilines is 1. The Labute approximate surface area is 130 Å².